The number of hydrogen-bond acceptors (Lipinski definition) is 5. The molecule has 0 fully saturated rings. The summed E-state index contributed by atoms with van der Waals surface area (Å²) in [5.74, 6) is -1.01. The fraction of sp³-hybridized carbons (Fsp3) is 0.0455. The van der Waals surface area contributed by atoms with Crippen molar-refractivity contribution in [1.29, 1.82) is 5.26 Å². The van der Waals surface area contributed by atoms with Crippen molar-refractivity contribution in [2.45, 2.75) is 9.79 Å². The highest BCUT2D eigenvalue weighted by molar-refractivity contribution is 7.99. The highest BCUT2D eigenvalue weighted by Crippen LogP contribution is 2.32. The van der Waals surface area contributed by atoms with Gasteiger partial charge in [0.2, 0.25) is 0 Å². The number of ether oxygens (including phenoxy) is 1. The topological polar surface area (TPSA) is 79.2 Å². The molecule has 0 atom stereocenters. The minimum atomic E-state index is -0.597. The molecule has 0 bridgehead atoms. The second-order valence-electron chi connectivity index (χ2n) is 5.70. The maximum atomic E-state index is 12.5. The second-order valence-corrected chi connectivity index (χ2v) is 6.78. The summed E-state index contributed by atoms with van der Waals surface area (Å²) in [6, 6.07) is 25.2. The summed E-state index contributed by atoms with van der Waals surface area (Å²) in [5, 5.41) is 11.9. The van der Waals surface area contributed by atoms with Crippen LogP contribution in [0, 0.1) is 11.3 Å². The van der Waals surface area contributed by atoms with E-state index in [0.717, 1.165) is 4.90 Å². The summed E-state index contributed by atoms with van der Waals surface area (Å²) in [7, 11) is 0. The number of carbonyl (C=O) groups is 2. The summed E-state index contributed by atoms with van der Waals surface area (Å²) < 4.78 is 5.17. The van der Waals surface area contributed by atoms with E-state index in [2.05, 4.69) is 11.4 Å². The fourth-order valence-electron chi connectivity index (χ4n) is 2.42. The largest absolute Gasteiger partial charge is 0.452 e. The van der Waals surface area contributed by atoms with Gasteiger partial charge in [-0.2, -0.15) is 5.26 Å². The second kappa shape index (κ2) is 9.40. The van der Waals surface area contributed by atoms with Gasteiger partial charge in [-0.25, -0.2) is 4.79 Å². The summed E-state index contributed by atoms with van der Waals surface area (Å²) in [5.41, 5.74) is 1.50. The third-order valence-electron chi connectivity index (χ3n) is 3.73. The van der Waals surface area contributed by atoms with Crippen LogP contribution in [0.15, 0.2) is 88.7 Å². The molecular formula is C22H16N2O3S. The Morgan fingerprint density at radius 3 is 2.29 bits per heavy atom. The van der Waals surface area contributed by atoms with Gasteiger partial charge in [0.25, 0.3) is 5.91 Å². The summed E-state index contributed by atoms with van der Waals surface area (Å²) in [4.78, 5) is 25.9. The van der Waals surface area contributed by atoms with Gasteiger partial charge in [-0.1, -0.05) is 54.2 Å². The van der Waals surface area contributed by atoms with Gasteiger partial charge in [-0.15, -0.1) is 0 Å². The lowest BCUT2D eigenvalue weighted by molar-refractivity contribution is -0.119. The predicted octanol–water partition coefficient (Wildman–Crippen LogP) is 4.50. The molecule has 1 N–H and O–H groups in total. The van der Waals surface area contributed by atoms with Crippen LogP contribution in [0.4, 0.5) is 5.69 Å². The summed E-state index contributed by atoms with van der Waals surface area (Å²) in [6.45, 7) is -0.387. The lowest BCUT2D eigenvalue weighted by Crippen LogP contribution is -2.21. The number of hydrogen-bond donors (Lipinski definition) is 1. The molecule has 6 heteroatoms. The Bertz CT molecular complexity index is 1030. The molecule has 0 saturated carbocycles. The average Bonchev–Trinajstić information content (AvgIpc) is 2.73. The van der Waals surface area contributed by atoms with Crippen LogP contribution in [-0.2, 0) is 9.53 Å². The number of nitrogens with one attached hydrogen (secondary N) is 1. The average molecular weight is 388 g/mol. The van der Waals surface area contributed by atoms with E-state index >= 15 is 0 Å². The maximum Gasteiger partial charge on any atom is 0.339 e. The fourth-order valence-corrected chi connectivity index (χ4v) is 3.43. The summed E-state index contributed by atoms with van der Waals surface area (Å²) in [6.07, 6.45) is 0. The van der Waals surface area contributed by atoms with Crippen molar-refractivity contribution in [3.63, 3.8) is 0 Å². The first-order chi connectivity index (χ1) is 13.7. The van der Waals surface area contributed by atoms with Gasteiger partial charge in [0.1, 0.15) is 6.07 Å². The molecule has 0 aliphatic carbocycles. The van der Waals surface area contributed by atoms with Crippen molar-refractivity contribution in [2.75, 3.05) is 11.9 Å². The third-order valence-corrected chi connectivity index (χ3v) is 4.88. The van der Waals surface area contributed by atoms with Crippen LogP contribution >= 0.6 is 11.8 Å². The minimum Gasteiger partial charge on any atom is -0.452 e. The monoisotopic (exact) mass is 388 g/mol. The molecule has 3 aromatic carbocycles. The first kappa shape index (κ1) is 19.2. The molecule has 3 rings (SSSR count). The molecule has 0 spiro atoms. The number of rotatable bonds is 6. The van der Waals surface area contributed by atoms with Crippen LogP contribution in [0.1, 0.15) is 15.9 Å². The molecular weight excluding hydrogens is 372 g/mol. The van der Waals surface area contributed by atoms with Crippen molar-refractivity contribution in [3.8, 4) is 6.07 Å². The highest BCUT2D eigenvalue weighted by Gasteiger charge is 2.16. The third kappa shape index (κ3) is 5.00. The van der Waals surface area contributed by atoms with E-state index < -0.39 is 11.9 Å². The predicted molar refractivity (Wildman–Crippen MR) is 107 cm³/mol. The number of benzene rings is 3. The number of esters is 1. The van der Waals surface area contributed by atoms with E-state index in [1.807, 2.05) is 18.2 Å². The number of nitriles is 1. The van der Waals surface area contributed by atoms with Gasteiger partial charge in [-0.3, -0.25) is 4.79 Å². The first-order valence-corrected chi connectivity index (χ1v) is 9.27. The number of nitrogens with zero attached hydrogens (tertiary/aromatic N) is 1. The van der Waals surface area contributed by atoms with Gasteiger partial charge in [0.05, 0.1) is 11.1 Å². The first-order valence-electron chi connectivity index (χ1n) is 8.45. The van der Waals surface area contributed by atoms with Crippen LogP contribution in [0.3, 0.4) is 0 Å². The molecule has 0 aliphatic rings. The van der Waals surface area contributed by atoms with Crippen molar-refractivity contribution in [1.82, 2.24) is 0 Å². The number of amides is 1. The maximum absolute atomic E-state index is 12.5. The van der Waals surface area contributed by atoms with Crippen molar-refractivity contribution >= 4 is 29.3 Å². The number of anilines is 1. The van der Waals surface area contributed by atoms with Gasteiger partial charge in [0.15, 0.2) is 6.61 Å². The van der Waals surface area contributed by atoms with Crippen LogP contribution in [0.5, 0.6) is 0 Å². The van der Waals surface area contributed by atoms with E-state index in [1.165, 1.54) is 11.8 Å². The number of carbonyl (C=O) groups excluding carboxylic acids is 2. The Morgan fingerprint density at radius 1 is 0.893 bits per heavy atom. The Labute approximate surface area is 167 Å². The molecule has 5 nitrogen and oxygen atoms in total. The van der Waals surface area contributed by atoms with E-state index in [9.17, 15) is 14.9 Å². The Morgan fingerprint density at radius 2 is 1.54 bits per heavy atom. The van der Waals surface area contributed by atoms with Crippen molar-refractivity contribution in [2.24, 2.45) is 0 Å². The molecule has 1 amide bonds. The molecule has 138 valence electrons. The van der Waals surface area contributed by atoms with Crippen LogP contribution in [-0.4, -0.2) is 18.5 Å². The number of para-hydroxylation sites is 1. The van der Waals surface area contributed by atoms with Gasteiger partial charge >= 0.3 is 5.97 Å². The van der Waals surface area contributed by atoms with Crippen molar-refractivity contribution in [3.05, 3.63) is 90.0 Å². The van der Waals surface area contributed by atoms with E-state index in [1.54, 1.807) is 60.7 Å². The van der Waals surface area contributed by atoms with Crippen LogP contribution < -0.4 is 5.32 Å². The molecule has 0 unspecified atom stereocenters. The molecule has 0 aliphatic heterocycles. The van der Waals surface area contributed by atoms with Gasteiger partial charge < -0.3 is 10.1 Å². The quantitative estimate of drug-likeness (QED) is 0.629. The molecule has 0 heterocycles. The molecule has 0 aromatic heterocycles. The molecule has 28 heavy (non-hydrogen) atoms. The Kier molecular flexibility index (Phi) is 6.45. The Balaban J connectivity index is 1.67. The lowest BCUT2D eigenvalue weighted by atomic mass is 10.2. The zero-order chi connectivity index (χ0) is 19.8. The minimum absolute atomic E-state index is 0.341. The van der Waals surface area contributed by atoms with E-state index in [-0.39, 0.29) is 6.61 Å². The Hall–Kier alpha value is -3.56. The van der Waals surface area contributed by atoms with Crippen molar-refractivity contribution < 1.29 is 14.3 Å². The standard InChI is InChI=1S/C22H16N2O3S/c23-14-16-8-4-6-12-19(16)28-20-13-7-5-11-18(20)22(26)27-15-21(25)24-17-9-2-1-3-10-17/h1-13H,15H2,(H,24,25). The van der Waals surface area contributed by atoms with Gasteiger partial charge in [-0.05, 0) is 36.4 Å². The molecule has 3 aromatic rings. The highest BCUT2D eigenvalue weighted by atomic mass is 32.2. The lowest BCUT2D eigenvalue weighted by Gasteiger charge is -2.10. The normalized spacial score (nSPS) is 9.96. The van der Waals surface area contributed by atoms with Gasteiger partial charge in [0, 0.05) is 15.5 Å². The van der Waals surface area contributed by atoms with E-state index in [4.69, 9.17) is 4.74 Å². The van der Waals surface area contributed by atoms with Crippen LogP contribution in [0.25, 0.3) is 0 Å². The zero-order valence-corrected chi connectivity index (χ0v) is 15.6. The summed E-state index contributed by atoms with van der Waals surface area (Å²) >= 11 is 1.31. The SMILES string of the molecule is N#Cc1ccccc1Sc1ccccc1C(=O)OCC(=O)Nc1ccccc1. The molecule has 0 saturated heterocycles. The zero-order valence-electron chi connectivity index (χ0n) is 14.8. The smallest absolute Gasteiger partial charge is 0.339 e. The van der Waals surface area contributed by atoms with E-state index in [0.29, 0.717) is 21.7 Å². The molecule has 0 radical (unpaired) electrons. The van der Waals surface area contributed by atoms with Crippen LogP contribution in [0.2, 0.25) is 0 Å².